The zero-order valence-corrected chi connectivity index (χ0v) is 16.4. The summed E-state index contributed by atoms with van der Waals surface area (Å²) in [4.78, 5) is 15.0. The van der Waals surface area contributed by atoms with Crippen molar-refractivity contribution in [2.24, 2.45) is 0 Å². The first kappa shape index (κ1) is 20.0. The average Bonchev–Trinajstić information content (AvgIpc) is 2.74. The van der Waals surface area contributed by atoms with E-state index in [9.17, 15) is 4.79 Å². The fourth-order valence-corrected chi connectivity index (χ4v) is 3.05. The molecule has 143 valence electrons. The Bertz CT molecular complexity index is 894. The van der Waals surface area contributed by atoms with Crippen LogP contribution < -0.4 is 4.74 Å². The molecular formula is C24H23ClNO2. The van der Waals surface area contributed by atoms with Gasteiger partial charge < -0.3 is 9.64 Å². The Morgan fingerprint density at radius 1 is 0.893 bits per heavy atom. The number of rotatable bonds is 8. The van der Waals surface area contributed by atoms with Gasteiger partial charge in [-0.1, -0.05) is 73.1 Å². The minimum Gasteiger partial charge on any atom is -0.488 e. The third-order valence-corrected chi connectivity index (χ3v) is 4.61. The van der Waals surface area contributed by atoms with Gasteiger partial charge >= 0.3 is 0 Å². The summed E-state index contributed by atoms with van der Waals surface area (Å²) in [6.07, 6.45) is 0.631. The van der Waals surface area contributed by atoms with Crippen molar-refractivity contribution in [1.29, 1.82) is 0 Å². The summed E-state index contributed by atoms with van der Waals surface area (Å²) in [5.41, 5.74) is 2.63. The molecule has 3 aromatic rings. The molecule has 28 heavy (non-hydrogen) atoms. The lowest BCUT2D eigenvalue weighted by Crippen LogP contribution is -2.31. The van der Waals surface area contributed by atoms with E-state index in [-0.39, 0.29) is 5.91 Å². The van der Waals surface area contributed by atoms with Gasteiger partial charge in [-0.15, -0.1) is 0 Å². The van der Waals surface area contributed by atoms with Gasteiger partial charge in [0, 0.05) is 18.1 Å². The topological polar surface area (TPSA) is 29.5 Å². The molecule has 0 fully saturated rings. The maximum Gasteiger partial charge on any atom is 0.257 e. The molecule has 0 aromatic heterocycles. The third kappa shape index (κ3) is 5.37. The molecule has 1 amide bonds. The van der Waals surface area contributed by atoms with Crippen molar-refractivity contribution >= 4 is 17.5 Å². The van der Waals surface area contributed by atoms with Crippen molar-refractivity contribution in [1.82, 2.24) is 4.90 Å². The second kappa shape index (κ2) is 9.95. The lowest BCUT2D eigenvalue weighted by molar-refractivity contribution is 0.0741. The Kier molecular flexibility index (Phi) is 7.10. The summed E-state index contributed by atoms with van der Waals surface area (Å²) in [6.45, 7) is 5.39. The summed E-state index contributed by atoms with van der Waals surface area (Å²) in [5, 5.41) is 0.679. The molecule has 0 N–H and O–H groups in total. The third-order valence-electron chi connectivity index (χ3n) is 4.36. The molecule has 0 atom stereocenters. The van der Waals surface area contributed by atoms with Gasteiger partial charge in [0.15, 0.2) is 0 Å². The highest BCUT2D eigenvalue weighted by molar-refractivity contribution is 6.30. The molecule has 0 spiro atoms. The molecule has 0 bridgehead atoms. The number of hydrogen-bond acceptors (Lipinski definition) is 2. The van der Waals surface area contributed by atoms with E-state index in [4.69, 9.17) is 16.3 Å². The van der Waals surface area contributed by atoms with Crippen LogP contribution in [0.5, 0.6) is 5.75 Å². The molecule has 0 saturated heterocycles. The first-order valence-corrected chi connectivity index (χ1v) is 9.64. The quantitative estimate of drug-likeness (QED) is 0.486. The molecule has 0 aliphatic rings. The predicted octanol–water partition coefficient (Wildman–Crippen LogP) is 5.79. The molecule has 0 heterocycles. The van der Waals surface area contributed by atoms with E-state index in [0.29, 0.717) is 42.5 Å². The molecular weight excluding hydrogens is 370 g/mol. The summed E-state index contributed by atoms with van der Waals surface area (Å²) in [6, 6.07) is 24.8. The lowest BCUT2D eigenvalue weighted by Gasteiger charge is -2.23. The highest BCUT2D eigenvalue weighted by Gasteiger charge is 2.19. The predicted molar refractivity (Wildman–Crippen MR) is 113 cm³/mol. The van der Waals surface area contributed by atoms with E-state index in [1.807, 2.05) is 72.8 Å². The first-order chi connectivity index (χ1) is 13.7. The molecule has 0 aliphatic carbocycles. The highest BCUT2D eigenvalue weighted by atomic mass is 35.5. The molecule has 3 aromatic carbocycles. The van der Waals surface area contributed by atoms with Gasteiger partial charge in [0.05, 0.1) is 5.56 Å². The average molecular weight is 393 g/mol. The molecule has 0 saturated carbocycles. The van der Waals surface area contributed by atoms with Crippen molar-refractivity contribution in [3.05, 3.63) is 107 Å². The molecule has 0 unspecified atom stereocenters. The van der Waals surface area contributed by atoms with Crippen LogP contribution >= 0.6 is 11.6 Å². The molecule has 1 radical (unpaired) electrons. The van der Waals surface area contributed by atoms with Crippen LogP contribution in [0.1, 0.15) is 27.9 Å². The largest absolute Gasteiger partial charge is 0.488 e. The molecule has 0 aliphatic heterocycles. The van der Waals surface area contributed by atoms with Crippen LogP contribution in [0.2, 0.25) is 5.02 Å². The fourth-order valence-electron chi connectivity index (χ4n) is 2.93. The number of hydrogen-bond donors (Lipinski definition) is 0. The van der Waals surface area contributed by atoms with Crippen LogP contribution in [0.3, 0.4) is 0 Å². The van der Waals surface area contributed by atoms with Crippen LogP contribution in [-0.4, -0.2) is 17.4 Å². The van der Waals surface area contributed by atoms with E-state index in [1.165, 1.54) is 0 Å². The van der Waals surface area contributed by atoms with Gasteiger partial charge in [0.2, 0.25) is 0 Å². The Hall–Kier alpha value is -2.78. The van der Waals surface area contributed by atoms with Gasteiger partial charge in [-0.25, -0.2) is 0 Å². The summed E-state index contributed by atoms with van der Waals surface area (Å²) in [5.74, 6) is 0.517. The van der Waals surface area contributed by atoms with Crippen LogP contribution in [0.25, 0.3) is 0 Å². The number of benzene rings is 3. The van der Waals surface area contributed by atoms with Crippen LogP contribution in [0, 0.1) is 6.92 Å². The molecule has 3 rings (SSSR count). The van der Waals surface area contributed by atoms with Crippen molar-refractivity contribution in [2.75, 3.05) is 6.54 Å². The minimum absolute atomic E-state index is 0.0674. The van der Waals surface area contributed by atoms with Crippen molar-refractivity contribution in [3.63, 3.8) is 0 Å². The zero-order chi connectivity index (χ0) is 19.8. The Morgan fingerprint density at radius 3 is 2.29 bits per heavy atom. The van der Waals surface area contributed by atoms with Gasteiger partial charge in [-0.05, 0) is 41.8 Å². The fraction of sp³-hybridized carbons (Fsp3) is 0.167. The van der Waals surface area contributed by atoms with Gasteiger partial charge in [0.25, 0.3) is 5.91 Å². The lowest BCUT2D eigenvalue weighted by atomic mass is 10.1. The Balaban J connectivity index is 1.77. The van der Waals surface area contributed by atoms with E-state index in [0.717, 1.165) is 11.1 Å². The Labute approximate surface area is 171 Å². The second-order valence-corrected chi connectivity index (χ2v) is 6.91. The Morgan fingerprint density at radius 2 is 1.57 bits per heavy atom. The summed E-state index contributed by atoms with van der Waals surface area (Å²) >= 11 is 5.97. The summed E-state index contributed by atoms with van der Waals surface area (Å²) < 4.78 is 5.96. The number of carbonyl (C=O) groups is 1. The van der Waals surface area contributed by atoms with Gasteiger partial charge in [-0.3, -0.25) is 4.79 Å². The van der Waals surface area contributed by atoms with Crippen molar-refractivity contribution in [3.8, 4) is 5.75 Å². The number of halogens is 1. The van der Waals surface area contributed by atoms with Crippen molar-refractivity contribution in [2.45, 2.75) is 19.6 Å². The van der Waals surface area contributed by atoms with Gasteiger partial charge in [-0.2, -0.15) is 0 Å². The number of amides is 1. The van der Waals surface area contributed by atoms with Crippen LogP contribution in [0.4, 0.5) is 0 Å². The second-order valence-electron chi connectivity index (χ2n) is 6.48. The minimum atomic E-state index is -0.0674. The highest BCUT2D eigenvalue weighted by Crippen LogP contribution is 2.23. The van der Waals surface area contributed by atoms with Crippen LogP contribution in [-0.2, 0) is 13.2 Å². The van der Waals surface area contributed by atoms with Crippen molar-refractivity contribution < 1.29 is 9.53 Å². The standard InChI is InChI=1S/C24H23ClNO2/c1-2-16-26(17-19-12-14-21(25)15-13-19)24(27)22-10-6-7-11-23(22)28-18-20-8-4-3-5-9-20/h3-15H,1-2,16-18H2. The van der Waals surface area contributed by atoms with E-state index in [2.05, 4.69) is 6.92 Å². The monoisotopic (exact) mass is 392 g/mol. The first-order valence-electron chi connectivity index (χ1n) is 9.26. The number of nitrogens with zero attached hydrogens (tertiary/aromatic N) is 1. The van der Waals surface area contributed by atoms with E-state index < -0.39 is 0 Å². The normalized spacial score (nSPS) is 10.5. The smallest absolute Gasteiger partial charge is 0.257 e. The SMILES string of the molecule is [CH2]CCN(Cc1ccc(Cl)cc1)C(=O)c1ccccc1OCc1ccccc1. The van der Waals surface area contributed by atoms with Crippen LogP contribution in [0.15, 0.2) is 78.9 Å². The van der Waals surface area contributed by atoms with E-state index >= 15 is 0 Å². The molecule has 3 nitrogen and oxygen atoms in total. The number of para-hydroxylation sites is 1. The number of carbonyl (C=O) groups excluding carboxylic acids is 1. The summed E-state index contributed by atoms with van der Waals surface area (Å²) in [7, 11) is 0. The maximum absolute atomic E-state index is 13.2. The maximum atomic E-state index is 13.2. The van der Waals surface area contributed by atoms with Gasteiger partial charge in [0.1, 0.15) is 12.4 Å². The zero-order valence-electron chi connectivity index (χ0n) is 15.7. The molecule has 4 heteroatoms. The number of ether oxygens (including phenoxy) is 1. The van der Waals surface area contributed by atoms with E-state index in [1.54, 1.807) is 11.0 Å².